The molecule has 3 heteroatoms. The van der Waals surface area contributed by atoms with Gasteiger partial charge in [-0.3, -0.25) is 4.79 Å². The molecule has 0 bridgehead atoms. The molecule has 0 aliphatic carbocycles. The maximum Gasteiger partial charge on any atom is 0.162 e. The highest BCUT2D eigenvalue weighted by atomic mass is 32.2. The van der Waals surface area contributed by atoms with Crippen LogP contribution in [0.2, 0.25) is 0 Å². The fraction of sp³-hybridized carbons (Fsp3) is 0.500. The van der Waals surface area contributed by atoms with Crippen LogP contribution in [0.5, 0.6) is 0 Å². The maximum absolute atomic E-state index is 11.5. The van der Waals surface area contributed by atoms with Crippen molar-refractivity contribution in [1.82, 2.24) is 0 Å². The molecule has 0 heterocycles. The van der Waals surface area contributed by atoms with Crippen molar-refractivity contribution < 1.29 is 4.79 Å². The molecule has 0 aliphatic heterocycles. The number of anilines is 1. The zero-order valence-electron chi connectivity index (χ0n) is 10.8. The number of thioether (sulfide) groups is 1. The van der Waals surface area contributed by atoms with E-state index in [1.165, 1.54) is 5.75 Å². The van der Waals surface area contributed by atoms with E-state index in [-0.39, 0.29) is 5.78 Å². The standard InChI is InChI=1S/C14H21NOS/c1-4-14(16)12-5-7-13(8-6-12)15-11(2)9-10-17-3/h5-8,11,15H,4,9-10H2,1-3H3. The minimum Gasteiger partial charge on any atom is -0.383 e. The van der Waals surface area contributed by atoms with Gasteiger partial charge in [-0.1, -0.05) is 6.92 Å². The Balaban J connectivity index is 2.53. The van der Waals surface area contributed by atoms with Crippen LogP contribution in [-0.2, 0) is 0 Å². The molecule has 0 fully saturated rings. The van der Waals surface area contributed by atoms with Crippen LogP contribution in [0.15, 0.2) is 24.3 Å². The van der Waals surface area contributed by atoms with Crippen LogP contribution in [0.1, 0.15) is 37.0 Å². The molecule has 0 amide bonds. The number of rotatable bonds is 7. The third-order valence-electron chi connectivity index (χ3n) is 2.70. The molecule has 1 rings (SSSR count). The van der Waals surface area contributed by atoms with Gasteiger partial charge in [-0.05, 0) is 49.6 Å². The Kier molecular flexibility index (Phi) is 6.12. The number of ketones is 1. The molecule has 0 aromatic heterocycles. The fourth-order valence-corrected chi connectivity index (χ4v) is 2.20. The molecule has 0 saturated heterocycles. The predicted octanol–water partition coefficient (Wildman–Crippen LogP) is 3.83. The third-order valence-corrected chi connectivity index (χ3v) is 3.34. The summed E-state index contributed by atoms with van der Waals surface area (Å²) in [5.41, 5.74) is 1.89. The van der Waals surface area contributed by atoms with E-state index in [1.54, 1.807) is 0 Å². The van der Waals surface area contributed by atoms with Crippen LogP contribution in [0.3, 0.4) is 0 Å². The summed E-state index contributed by atoms with van der Waals surface area (Å²) in [6.07, 6.45) is 3.84. The Morgan fingerprint density at radius 2 is 2.00 bits per heavy atom. The van der Waals surface area contributed by atoms with E-state index in [4.69, 9.17) is 0 Å². The predicted molar refractivity (Wildman–Crippen MR) is 77.1 cm³/mol. The minimum absolute atomic E-state index is 0.201. The third kappa shape index (κ3) is 4.82. The topological polar surface area (TPSA) is 29.1 Å². The van der Waals surface area contributed by atoms with E-state index in [2.05, 4.69) is 18.5 Å². The fourth-order valence-electron chi connectivity index (χ4n) is 1.61. The summed E-state index contributed by atoms with van der Waals surface area (Å²) in [5, 5.41) is 3.44. The monoisotopic (exact) mass is 251 g/mol. The van der Waals surface area contributed by atoms with E-state index in [0.29, 0.717) is 12.5 Å². The maximum atomic E-state index is 11.5. The lowest BCUT2D eigenvalue weighted by Gasteiger charge is -2.14. The largest absolute Gasteiger partial charge is 0.383 e. The molecule has 94 valence electrons. The molecule has 1 atom stereocenters. The SMILES string of the molecule is CCC(=O)c1ccc(NC(C)CCSC)cc1. The van der Waals surface area contributed by atoms with Crippen molar-refractivity contribution in [3.63, 3.8) is 0 Å². The van der Waals surface area contributed by atoms with Crippen molar-refractivity contribution in [2.75, 3.05) is 17.3 Å². The summed E-state index contributed by atoms with van der Waals surface area (Å²) in [4.78, 5) is 11.5. The van der Waals surface area contributed by atoms with Gasteiger partial charge in [-0.25, -0.2) is 0 Å². The van der Waals surface area contributed by atoms with Crippen LogP contribution >= 0.6 is 11.8 Å². The highest BCUT2D eigenvalue weighted by molar-refractivity contribution is 7.98. The number of hydrogen-bond acceptors (Lipinski definition) is 3. The van der Waals surface area contributed by atoms with E-state index < -0.39 is 0 Å². The Bertz CT molecular complexity index is 348. The van der Waals surface area contributed by atoms with Gasteiger partial charge in [0.25, 0.3) is 0 Å². The molecular formula is C14H21NOS. The zero-order valence-corrected chi connectivity index (χ0v) is 11.6. The summed E-state index contributed by atoms with van der Waals surface area (Å²) in [7, 11) is 0. The number of nitrogens with one attached hydrogen (secondary N) is 1. The van der Waals surface area contributed by atoms with Crippen LogP contribution in [0.25, 0.3) is 0 Å². The average Bonchev–Trinajstić information content (AvgIpc) is 2.36. The van der Waals surface area contributed by atoms with Gasteiger partial charge in [-0.15, -0.1) is 0 Å². The molecule has 1 N–H and O–H groups in total. The van der Waals surface area contributed by atoms with Crippen LogP contribution in [0, 0.1) is 0 Å². The zero-order chi connectivity index (χ0) is 12.7. The van der Waals surface area contributed by atoms with Gasteiger partial charge >= 0.3 is 0 Å². The number of Topliss-reactive ketones (excluding diaryl/α,β-unsaturated/α-hetero) is 1. The summed E-state index contributed by atoms with van der Waals surface area (Å²) in [6, 6.07) is 8.23. The van der Waals surface area contributed by atoms with Gasteiger partial charge in [0.15, 0.2) is 5.78 Å². The Morgan fingerprint density at radius 1 is 1.35 bits per heavy atom. The van der Waals surface area contributed by atoms with E-state index in [9.17, 15) is 4.79 Å². The average molecular weight is 251 g/mol. The van der Waals surface area contributed by atoms with E-state index in [0.717, 1.165) is 17.7 Å². The Labute approximate surface area is 108 Å². The van der Waals surface area contributed by atoms with Crippen molar-refractivity contribution >= 4 is 23.2 Å². The van der Waals surface area contributed by atoms with Crippen LogP contribution < -0.4 is 5.32 Å². The number of benzene rings is 1. The second-order valence-electron chi connectivity index (χ2n) is 4.18. The van der Waals surface area contributed by atoms with Crippen molar-refractivity contribution in [3.05, 3.63) is 29.8 Å². The molecule has 1 aromatic rings. The molecule has 2 nitrogen and oxygen atoms in total. The molecule has 0 aliphatic rings. The smallest absolute Gasteiger partial charge is 0.162 e. The lowest BCUT2D eigenvalue weighted by molar-refractivity contribution is 0.0988. The second-order valence-corrected chi connectivity index (χ2v) is 5.17. The molecule has 0 saturated carbocycles. The first-order chi connectivity index (χ1) is 8.17. The van der Waals surface area contributed by atoms with Gasteiger partial charge in [0.05, 0.1) is 0 Å². The quantitative estimate of drug-likeness (QED) is 0.747. The van der Waals surface area contributed by atoms with Gasteiger partial charge in [-0.2, -0.15) is 11.8 Å². The lowest BCUT2D eigenvalue weighted by Crippen LogP contribution is -2.15. The van der Waals surface area contributed by atoms with Crippen molar-refractivity contribution in [2.45, 2.75) is 32.7 Å². The van der Waals surface area contributed by atoms with Crippen LogP contribution in [0.4, 0.5) is 5.69 Å². The molecule has 17 heavy (non-hydrogen) atoms. The molecule has 0 radical (unpaired) electrons. The van der Waals surface area contributed by atoms with Gasteiger partial charge in [0.1, 0.15) is 0 Å². The van der Waals surface area contributed by atoms with E-state index in [1.807, 2.05) is 43.0 Å². The van der Waals surface area contributed by atoms with Crippen LogP contribution in [-0.4, -0.2) is 23.8 Å². The van der Waals surface area contributed by atoms with Gasteiger partial charge < -0.3 is 5.32 Å². The molecule has 1 unspecified atom stereocenters. The first-order valence-electron chi connectivity index (χ1n) is 6.06. The summed E-state index contributed by atoms with van der Waals surface area (Å²) in [6.45, 7) is 4.07. The highest BCUT2D eigenvalue weighted by Gasteiger charge is 2.04. The number of carbonyl (C=O) groups excluding carboxylic acids is 1. The number of hydrogen-bond donors (Lipinski definition) is 1. The first kappa shape index (κ1) is 14.1. The Hall–Kier alpha value is -0.960. The minimum atomic E-state index is 0.201. The number of carbonyl (C=O) groups is 1. The van der Waals surface area contributed by atoms with Gasteiger partial charge in [0, 0.05) is 23.7 Å². The lowest BCUT2D eigenvalue weighted by atomic mass is 10.1. The van der Waals surface area contributed by atoms with Crippen molar-refractivity contribution in [1.29, 1.82) is 0 Å². The molecule has 1 aromatic carbocycles. The normalized spacial score (nSPS) is 12.2. The summed E-state index contributed by atoms with van der Waals surface area (Å²) >= 11 is 1.87. The van der Waals surface area contributed by atoms with Crippen molar-refractivity contribution in [3.8, 4) is 0 Å². The molecule has 0 spiro atoms. The van der Waals surface area contributed by atoms with Crippen molar-refractivity contribution in [2.24, 2.45) is 0 Å². The summed E-state index contributed by atoms with van der Waals surface area (Å²) < 4.78 is 0. The summed E-state index contributed by atoms with van der Waals surface area (Å²) in [5.74, 6) is 1.37. The second kappa shape index (κ2) is 7.38. The molecular weight excluding hydrogens is 230 g/mol. The Morgan fingerprint density at radius 3 is 2.53 bits per heavy atom. The highest BCUT2D eigenvalue weighted by Crippen LogP contribution is 2.13. The van der Waals surface area contributed by atoms with Gasteiger partial charge in [0.2, 0.25) is 0 Å². The van der Waals surface area contributed by atoms with E-state index >= 15 is 0 Å². The first-order valence-corrected chi connectivity index (χ1v) is 7.45.